The Bertz CT molecular complexity index is 1030. The number of rotatable bonds is 7. The predicted octanol–water partition coefficient (Wildman–Crippen LogP) is 5.46. The van der Waals surface area contributed by atoms with Gasteiger partial charge in [0.25, 0.3) is 0 Å². The summed E-state index contributed by atoms with van der Waals surface area (Å²) in [7, 11) is 0. The van der Waals surface area contributed by atoms with E-state index in [1.165, 1.54) is 11.1 Å². The summed E-state index contributed by atoms with van der Waals surface area (Å²) in [5.74, 6) is 1.50. The van der Waals surface area contributed by atoms with Crippen molar-refractivity contribution in [3.8, 4) is 0 Å². The summed E-state index contributed by atoms with van der Waals surface area (Å²) >= 11 is 0. The van der Waals surface area contributed by atoms with E-state index in [0.717, 1.165) is 29.7 Å². The smallest absolute Gasteiger partial charge is 0.225 e. The van der Waals surface area contributed by atoms with Gasteiger partial charge in [0, 0.05) is 11.9 Å². The zero-order valence-electron chi connectivity index (χ0n) is 16.0. The molecule has 1 unspecified atom stereocenters. The van der Waals surface area contributed by atoms with Crippen LogP contribution in [0.4, 0.5) is 11.8 Å². The van der Waals surface area contributed by atoms with Crippen molar-refractivity contribution >= 4 is 22.7 Å². The monoisotopic (exact) mass is 368 g/mol. The van der Waals surface area contributed by atoms with Crippen LogP contribution in [-0.2, 0) is 6.42 Å². The van der Waals surface area contributed by atoms with Gasteiger partial charge in [-0.1, -0.05) is 72.8 Å². The van der Waals surface area contributed by atoms with Gasteiger partial charge in [0.2, 0.25) is 5.95 Å². The number of benzene rings is 3. The summed E-state index contributed by atoms with van der Waals surface area (Å²) in [5, 5.41) is 7.97. The van der Waals surface area contributed by atoms with Crippen molar-refractivity contribution in [2.75, 3.05) is 17.2 Å². The Morgan fingerprint density at radius 3 is 2.25 bits per heavy atom. The van der Waals surface area contributed by atoms with E-state index >= 15 is 0 Å². The van der Waals surface area contributed by atoms with Gasteiger partial charge in [-0.3, -0.25) is 0 Å². The maximum Gasteiger partial charge on any atom is 0.225 e. The highest BCUT2D eigenvalue weighted by Crippen LogP contribution is 2.24. The van der Waals surface area contributed by atoms with Gasteiger partial charge in [0.15, 0.2) is 0 Å². The second kappa shape index (κ2) is 8.53. The van der Waals surface area contributed by atoms with E-state index in [9.17, 15) is 0 Å². The number of nitrogens with zero attached hydrogens (tertiary/aromatic N) is 2. The molecule has 0 amide bonds. The van der Waals surface area contributed by atoms with Gasteiger partial charge in [-0.25, -0.2) is 4.98 Å². The SMILES string of the molecule is CC(Nc1nc(NCCc2ccccc2)c2ccccc2n1)c1ccccc1. The molecular formula is C24H24N4. The van der Waals surface area contributed by atoms with Crippen molar-refractivity contribution in [1.29, 1.82) is 0 Å². The first-order valence-corrected chi connectivity index (χ1v) is 9.65. The van der Waals surface area contributed by atoms with Crippen molar-refractivity contribution in [3.05, 3.63) is 96.1 Å². The lowest BCUT2D eigenvalue weighted by Crippen LogP contribution is -2.12. The average molecular weight is 368 g/mol. The number of anilines is 2. The van der Waals surface area contributed by atoms with Crippen molar-refractivity contribution in [3.63, 3.8) is 0 Å². The number of fused-ring (bicyclic) bond motifs is 1. The lowest BCUT2D eigenvalue weighted by atomic mass is 10.1. The second-order valence-corrected chi connectivity index (χ2v) is 6.85. The van der Waals surface area contributed by atoms with Crippen molar-refractivity contribution in [1.82, 2.24) is 9.97 Å². The molecule has 0 bridgehead atoms. The standard InChI is InChI=1S/C24H24N4/c1-18(20-12-6-3-7-13-20)26-24-27-22-15-9-8-14-21(22)23(28-24)25-17-16-19-10-4-2-5-11-19/h2-15,18H,16-17H2,1H3,(H2,25,26,27,28). The van der Waals surface area contributed by atoms with E-state index < -0.39 is 0 Å². The number of aromatic nitrogens is 2. The molecule has 0 fully saturated rings. The van der Waals surface area contributed by atoms with Crippen LogP contribution in [0.3, 0.4) is 0 Å². The van der Waals surface area contributed by atoms with Crippen molar-refractivity contribution < 1.29 is 0 Å². The van der Waals surface area contributed by atoms with Gasteiger partial charge >= 0.3 is 0 Å². The van der Waals surface area contributed by atoms with Crippen LogP contribution in [0, 0.1) is 0 Å². The second-order valence-electron chi connectivity index (χ2n) is 6.85. The summed E-state index contributed by atoms with van der Waals surface area (Å²) in [6.07, 6.45) is 0.947. The van der Waals surface area contributed by atoms with Gasteiger partial charge in [0.1, 0.15) is 5.82 Å². The molecule has 4 heteroatoms. The molecule has 140 valence electrons. The molecular weight excluding hydrogens is 344 g/mol. The molecule has 4 rings (SSSR count). The van der Waals surface area contributed by atoms with Crippen molar-refractivity contribution in [2.45, 2.75) is 19.4 Å². The number of hydrogen-bond acceptors (Lipinski definition) is 4. The summed E-state index contributed by atoms with van der Waals surface area (Å²) < 4.78 is 0. The fraction of sp³-hybridized carbons (Fsp3) is 0.167. The molecule has 0 spiro atoms. The van der Waals surface area contributed by atoms with Crippen LogP contribution in [0.15, 0.2) is 84.9 Å². The number of hydrogen-bond donors (Lipinski definition) is 2. The maximum absolute atomic E-state index is 4.76. The van der Waals surface area contributed by atoms with E-state index in [0.29, 0.717) is 5.95 Å². The first-order valence-electron chi connectivity index (χ1n) is 9.65. The van der Waals surface area contributed by atoms with E-state index in [-0.39, 0.29) is 6.04 Å². The van der Waals surface area contributed by atoms with Gasteiger partial charge in [-0.05, 0) is 36.6 Å². The van der Waals surface area contributed by atoms with Crippen LogP contribution in [0.2, 0.25) is 0 Å². The number of para-hydroxylation sites is 1. The van der Waals surface area contributed by atoms with Crippen molar-refractivity contribution in [2.24, 2.45) is 0 Å². The zero-order valence-corrected chi connectivity index (χ0v) is 16.0. The Labute approximate surface area is 165 Å². The molecule has 2 N–H and O–H groups in total. The Hall–Kier alpha value is -3.40. The molecule has 0 aliphatic heterocycles. The summed E-state index contributed by atoms with van der Waals surface area (Å²) in [6, 6.07) is 29.1. The van der Waals surface area contributed by atoms with E-state index in [4.69, 9.17) is 9.97 Å². The molecule has 0 saturated carbocycles. The lowest BCUT2D eigenvalue weighted by Gasteiger charge is -2.16. The largest absolute Gasteiger partial charge is 0.369 e. The fourth-order valence-electron chi connectivity index (χ4n) is 3.26. The predicted molar refractivity (Wildman–Crippen MR) is 117 cm³/mol. The molecule has 1 heterocycles. The molecule has 0 radical (unpaired) electrons. The third kappa shape index (κ3) is 4.29. The summed E-state index contributed by atoms with van der Waals surface area (Å²) in [5.41, 5.74) is 3.45. The zero-order chi connectivity index (χ0) is 19.2. The molecule has 0 saturated heterocycles. The fourth-order valence-corrected chi connectivity index (χ4v) is 3.26. The highest BCUT2D eigenvalue weighted by molar-refractivity contribution is 5.90. The summed E-state index contributed by atoms with van der Waals surface area (Å²) in [4.78, 5) is 9.47. The number of nitrogens with one attached hydrogen (secondary N) is 2. The van der Waals surface area contributed by atoms with E-state index in [1.54, 1.807) is 0 Å². The van der Waals surface area contributed by atoms with Gasteiger partial charge in [-0.2, -0.15) is 4.98 Å². The molecule has 3 aromatic carbocycles. The molecule has 0 aliphatic rings. The van der Waals surface area contributed by atoms with Crippen LogP contribution in [0.25, 0.3) is 10.9 Å². The highest BCUT2D eigenvalue weighted by atomic mass is 15.2. The van der Waals surface area contributed by atoms with E-state index in [2.05, 4.69) is 60.0 Å². The average Bonchev–Trinajstić information content (AvgIpc) is 2.75. The Morgan fingerprint density at radius 1 is 0.786 bits per heavy atom. The quantitative estimate of drug-likeness (QED) is 0.455. The third-order valence-corrected chi connectivity index (χ3v) is 4.80. The van der Waals surface area contributed by atoms with Gasteiger partial charge in [0.05, 0.1) is 11.6 Å². The Morgan fingerprint density at radius 2 is 1.46 bits per heavy atom. The molecule has 4 aromatic rings. The Kier molecular flexibility index (Phi) is 5.48. The topological polar surface area (TPSA) is 49.8 Å². The van der Waals surface area contributed by atoms with Crippen LogP contribution in [-0.4, -0.2) is 16.5 Å². The first-order chi connectivity index (χ1) is 13.8. The van der Waals surface area contributed by atoms with Crippen LogP contribution >= 0.6 is 0 Å². The third-order valence-electron chi connectivity index (χ3n) is 4.80. The van der Waals surface area contributed by atoms with Crippen LogP contribution in [0.1, 0.15) is 24.1 Å². The molecule has 28 heavy (non-hydrogen) atoms. The summed E-state index contributed by atoms with van der Waals surface area (Å²) in [6.45, 7) is 2.94. The molecule has 1 aromatic heterocycles. The van der Waals surface area contributed by atoms with Crippen LogP contribution < -0.4 is 10.6 Å². The minimum atomic E-state index is 0.125. The molecule has 4 nitrogen and oxygen atoms in total. The normalized spacial score (nSPS) is 11.9. The van der Waals surface area contributed by atoms with Gasteiger partial charge in [-0.15, -0.1) is 0 Å². The minimum absolute atomic E-state index is 0.125. The minimum Gasteiger partial charge on any atom is -0.369 e. The lowest BCUT2D eigenvalue weighted by molar-refractivity contribution is 0.863. The highest BCUT2D eigenvalue weighted by Gasteiger charge is 2.11. The maximum atomic E-state index is 4.76. The van der Waals surface area contributed by atoms with E-state index in [1.807, 2.05) is 42.5 Å². The Balaban J connectivity index is 1.55. The van der Waals surface area contributed by atoms with Gasteiger partial charge < -0.3 is 10.6 Å². The molecule has 0 aliphatic carbocycles. The molecule has 1 atom stereocenters. The first kappa shape index (κ1) is 18.0. The van der Waals surface area contributed by atoms with Crippen LogP contribution in [0.5, 0.6) is 0 Å².